The Morgan fingerprint density at radius 2 is 2.38 bits per heavy atom. The van der Waals surface area contributed by atoms with Crippen molar-refractivity contribution in [3.8, 4) is 6.07 Å². The van der Waals surface area contributed by atoms with E-state index in [0.717, 1.165) is 5.56 Å². The van der Waals surface area contributed by atoms with E-state index in [4.69, 9.17) is 5.26 Å². The van der Waals surface area contributed by atoms with E-state index in [1.807, 2.05) is 6.07 Å². The second kappa shape index (κ2) is 4.58. The van der Waals surface area contributed by atoms with E-state index < -0.39 is 0 Å². The number of nitriles is 1. The molecule has 0 aromatic heterocycles. The maximum absolute atomic E-state index is 12.8. The number of rotatable bonds is 3. The molecule has 1 rings (SSSR count). The molecule has 0 saturated carbocycles. The fourth-order valence-electron chi connectivity index (χ4n) is 1.20. The largest absolute Gasteiger partial charge is 0.312 e. The Kier molecular flexibility index (Phi) is 3.41. The quantitative estimate of drug-likeness (QED) is 0.768. The average molecular weight is 178 g/mol. The van der Waals surface area contributed by atoms with Crippen LogP contribution in [0.4, 0.5) is 4.39 Å². The average Bonchev–Trinajstić information content (AvgIpc) is 2.14. The lowest BCUT2D eigenvalue weighted by atomic mass is 10.0. The topological polar surface area (TPSA) is 35.8 Å². The molecular weight excluding hydrogens is 167 g/mol. The molecule has 1 unspecified atom stereocenters. The lowest BCUT2D eigenvalue weighted by Gasteiger charge is -2.12. The van der Waals surface area contributed by atoms with Gasteiger partial charge in [-0.1, -0.05) is 12.1 Å². The van der Waals surface area contributed by atoms with Gasteiger partial charge in [0.05, 0.1) is 12.5 Å². The first-order valence-electron chi connectivity index (χ1n) is 4.07. The summed E-state index contributed by atoms with van der Waals surface area (Å²) in [6.07, 6.45) is 0.347. The molecule has 0 spiro atoms. The Morgan fingerprint density at radius 3 is 2.92 bits per heavy atom. The van der Waals surface area contributed by atoms with Crippen LogP contribution in [0.15, 0.2) is 24.3 Å². The first kappa shape index (κ1) is 9.69. The predicted octanol–water partition coefficient (Wildman–Crippen LogP) is 2.00. The van der Waals surface area contributed by atoms with Crippen molar-refractivity contribution in [2.24, 2.45) is 0 Å². The highest BCUT2D eigenvalue weighted by atomic mass is 19.1. The van der Waals surface area contributed by atoms with Crippen molar-refractivity contribution in [2.45, 2.75) is 12.5 Å². The van der Waals surface area contributed by atoms with Crippen LogP contribution in [0.2, 0.25) is 0 Å². The van der Waals surface area contributed by atoms with Crippen molar-refractivity contribution < 1.29 is 4.39 Å². The Morgan fingerprint density at radius 1 is 1.62 bits per heavy atom. The summed E-state index contributed by atoms with van der Waals surface area (Å²) in [5.41, 5.74) is 0.809. The summed E-state index contributed by atoms with van der Waals surface area (Å²) in [6.45, 7) is 0. The molecule has 0 heterocycles. The van der Waals surface area contributed by atoms with Gasteiger partial charge < -0.3 is 5.32 Å². The van der Waals surface area contributed by atoms with E-state index in [2.05, 4.69) is 11.4 Å². The van der Waals surface area contributed by atoms with E-state index in [1.165, 1.54) is 12.1 Å². The molecule has 13 heavy (non-hydrogen) atoms. The zero-order valence-electron chi connectivity index (χ0n) is 7.42. The van der Waals surface area contributed by atoms with Gasteiger partial charge in [-0.15, -0.1) is 0 Å². The molecule has 0 aliphatic carbocycles. The number of hydrogen-bond acceptors (Lipinski definition) is 2. The molecule has 0 fully saturated rings. The predicted molar refractivity (Wildman–Crippen MR) is 48.4 cm³/mol. The van der Waals surface area contributed by atoms with Crippen LogP contribution in [-0.4, -0.2) is 7.05 Å². The van der Waals surface area contributed by atoms with Gasteiger partial charge in [0.2, 0.25) is 0 Å². The third-order valence-electron chi connectivity index (χ3n) is 1.89. The van der Waals surface area contributed by atoms with Crippen molar-refractivity contribution in [2.75, 3.05) is 7.05 Å². The van der Waals surface area contributed by atoms with Crippen LogP contribution >= 0.6 is 0 Å². The summed E-state index contributed by atoms with van der Waals surface area (Å²) in [4.78, 5) is 0. The zero-order chi connectivity index (χ0) is 9.68. The number of nitrogens with one attached hydrogen (secondary N) is 1. The summed E-state index contributed by atoms with van der Waals surface area (Å²) in [5.74, 6) is -0.268. The molecule has 0 radical (unpaired) electrons. The van der Waals surface area contributed by atoms with Gasteiger partial charge >= 0.3 is 0 Å². The maximum Gasteiger partial charge on any atom is 0.123 e. The van der Waals surface area contributed by atoms with Gasteiger partial charge in [0.1, 0.15) is 5.82 Å². The summed E-state index contributed by atoms with van der Waals surface area (Å²) in [5, 5.41) is 11.5. The summed E-state index contributed by atoms with van der Waals surface area (Å²) < 4.78 is 12.8. The number of hydrogen-bond donors (Lipinski definition) is 1. The Labute approximate surface area is 77.0 Å². The Balaban J connectivity index is 2.86. The van der Waals surface area contributed by atoms with Crippen molar-refractivity contribution >= 4 is 0 Å². The number of nitrogens with zero attached hydrogens (tertiary/aromatic N) is 1. The fourth-order valence-corrected chi connectivity index (χ4v) is 1.20. The first-order chi connectivity index (χ1) is 6.27. The van der Waals surface area contributed by atoms with Gasteiger partial charge in [-0.05, 0) is 24.7 Å². The minimum Gasteiger partial charge on any atom is -0.312 e. The molecule has 3 heteroatoms. The normalized spacial score (nSPS) is 12.1. The molecule has 0 saturated heterocycles. The van der Waals surface area contributed by atoms with Crippen LogP contribution in [0.5, 0.6) is 0 Å². The van der Waals surface area contributed by atoms with Gasteiger partial charge in [-0.2, -0.15) is 5.26 Å². The van der Waals surface area contributed by atoms with Crippen molar-refractivity contribution in [3.63, 3.8) is 0 Å². The third kappa shape index (κ3) is 2.53. The number of halogens is 1. The van der Waals surface area contributed by atoms with Crippen LogP contribution in [0.25, 0.3) is 0 Å². The molecule has 1 aromatic carbocycles. The van der Waals surface area contributed by atoms with Crippen molar-refractivity contribution in [1.29, 1.82) is 5.26 Å². The second-order valence-corrected chi connectivity index (χ2v) is 2.76. The standard InChI is InChI=1S/C10H11FN2/c1-13-10(5-6-12)8-3-2-4-9(11)7-8/h2-4,7,10,13H,5H2,1H3. The van der Waals surface area contributed by atoms with E-state index >= 15 is 0 Å². The summed E-state index contributed by atoms with van der Waals surface area (Å²) in [6, 6.07) is 8.26. The maximum atomic E-state index is 12.8. The van der Waals surface area contributed by atoms with Crippen LogP contribution in [0.3, 0.4) is 0 Å². The number of benzene rings is 1. The molecule has 1 aromatic rings. The summed E-state index contributed by atoms with van der Waals surface area (Å²) in [7, 11) is 1.76. The Bertz CT molecular complexity index is 317. The highest BCUT2D eigenvalue weighted by Crippen LogP contribution is 2.16. The van der Waals surface area contributed by atoms with Gasteiger partial charge in [-0.3, -0.25) is 0 Å². The molecule has 0 amide bonds. The minimum absolute atomic E-state index is 0.0827. The minimum atomic E-state index is -0.268. The van der Waals surface area contributed by atoms with Gasteiger partial charge in [0.25, 0.3) is 0 Å². The second-order valence-electron chi connectivity index (χ2n) is 2.76. The first-order valence-corrected chi connectivity index (χ1v) is 4.07. The Hall–Kier alpha value is -1.40. The highest BCUT2D eigenvalue weighted by molar-refractivity contribution is 5.20. The van der Waals surface area contributed by atoms with Gasteiger partial charge in [0, 0.05) is 6.04 Å². The van der Waals surface area contributed by atoms with E-state index in [9.17, 15) is 4.39 Å². The molecule has 0 aliphatic heterocycles. The molecular formula is C10H11FN2. The lowest BCUT2D eigenvalue weighted by Crippen LogP contribution is -2.15. The van der Waals surface area contributed by atoms with Gasteiger partial charge in [-0.25, -0.2) is 4.39 Å². The third-order valence-corrected chi connectivity index (χ3v) is 1.89. The highest BCUT2D eigenvalue weighted by Gasteiger charge is 2.08. The lowest BCUT2D eigenvalue weighted by molar-refractivity contribution is 0.588. The van der Waals surface area contributed by atoms with E-state index in [-0.39, 0.29) is 11.9 Å². The van der Waals surface area contributed by atoms with Crippen LogP contribution in [0, 0.1) is 17.1 Å². The van der Waals surface area contributed by atoms with Crippen LogP contribution in [0.1, 0.15) is 18.0 Å². The van der Waals surface area contributed by atoms with E-state index in [1.54, 1.807) is 13.1 Å². The monoisotopic (exact) mass is 178 g/mol. The molecule has 1 N–H and O–H groups in total. The SMILES string of the molecule is CNC(CC#N)c1cccc(F)c1. The van der Waals surface area contributed by atoms with E-state index in [0.29, 0.717) is 6.42 Å². The molecule has 0 bridgehead atoms. The van der Waals surface area contributed by atoms with Gasteiger partial charge in [0.15, 0.2) is 0 Å². The smallest absolute Gasteiger partial charge is 0.123 e. The molecule has 68 valence electrons. The molecule has 2 nitrogen and oxygen atoms in total. The molecule has 0 aliphatic rings. The summed E-state index contributed by atoms with van der Waals surface area (Å²) >= 11 is 0. The van der Waals surface area contributed by atoms with Crippen molar-refractivity contribution in [3.05, 3.63) is 35.6 Å². The zero-order valence-corrected chi connectivity index (χ0v) is 7.42. The fraction of sp³-hybridized carbons (Fsp3) is 0.300. The van der Waals surface area contributed by atoms with Crippen molar-refractivity contribution in [1.82, 2.24) is 5.32 Å². The van der Waals surface area contributed by atoms with Crippen LogP contribution in [-0.2, 0) is 0 Å². The molecule has 1 atom stereocenters. The van der Waals surface area contributed by atoms with Crippen LogP contribution < -0.4 is 5.32 Å².